The van der Waals surface area contributed by atoms with E-state index in [0.29, 0.717) is 10.6 Å². The number of anilines is 1. The largest absolute Gasteiger partial charge is 0.341 e. The lowest BCUT2D eigenvalue weighted by molar-refractivity contribution is 0.103. The number of halogens is 2. The smallest absolute Gasteiger partial charge is 0.321 e. The number of amides is 1. The van der Waals surface area contributed by atoms with E-state index in [1.54, 1.807) is 12.1 Å². The van der Waals surface area contributed by atoms with Gasteiger partial charge in [-0.3, -0.25) is 4.79 Å². The standard InChI is InChI=1S/C13H11F2NO3S2/c1-8-2-7-11(20-8)12(17)16-9-3-5-10(6-4-9)21(18,19)13(14)15/h2-7,13H,1H3,(H,16,17). The molecule has 21 heavy (non-hydrogen) atoms. The van der Waals surface area contributed by atoms with E-state index in [0.717, 1.165) is 17.0 Å². The fourth-order valence-electron chi connectivity index (χ4n) is 1.58. The van der Waals surface area contributed by atoms with Crippen molar-refractivity contribution in [2.24, 2.45) is 0 Å². The molecule has 0 aliphatic carbocycles. The number of alkyl halides is 2. The third kappa shape index (κ3) is 3.45. The van der Waals surface area contributed by atoms with Gasteiger partial charge < -0.3 is 5.32 Å². The normalized spacial score (nSPS) is 11.6. The van der Waals surface area contributed by atoms with Gasteiger partial charge in [-0.05, 0) is 43.3 Å². The van der Waals surface area contributed by atoms with Crippen molar-refractivity contribution in [2.75, 3.05) is 5.32 Å². The molecule has 0 saturated carbocycles. The maximum Gasteiger partial charge on any atom is 0.341 e. The van der Waals surface area contributed by atoms with Gasteiger partial charge in [-0.1, -0.05) is 0 Å². The molecule has 0 atom stereocenters. The fraction of sp³-hybridized carbons (Fsp3) is 0.154. The zero-order chi connectivity index (χ0) is 15.6. The second kappa shape index (κ2) is 5.90. The Morgan fingerprint density at radius 1 is 1.14 bits per heavy atom. The quantitative estimate of drug-likeness (QED) is 0.935. The summed E-state index contributed by atoms with van der Waals surface area (Å²) in [5.41, 5.74) is 0.333. The van der Waals surface area contributed by atoms with E-state index in [1.165, 1.54) is 23.5 Å². The minimum atomic E-state index is -4.61. The Labute approximate surface area is 124 Å². The summed E-state index contributed by atoms with van der Waals surface area (Å²) >= 11 is 1.32. The van der Waals surface area contributed by atoms with Crippen LogP contribution >= 0.6 is 11.3 Å². The van der Waals surface area contributed by atoms with Crippen LogP contribution in [0.3, 0.4) is 0 Å². The minimum Gasteiger partial charge on any atom is -0.321 e. The molecule has 2 aromatic rings. The molecule has 2 rings (SSSR count). The second-order valence-corrected chi connectivity index (χ2v) is 7.40. The highest BCUT2D eigenvalue weighted by Crippen LogP contribution is 2.21. The van der Waals surface area contributed by atoms with Crippen LogP contribution in [0.25, 0.3) is 0 Å². The Morgan fingerprint density at radius 2 is 1.76 bits per heavy atom. The Hall–Kier alpha value is -1.80. The third-order valence-electron chi connectivity index (χ3n) is 2.64. The van der Waals surface area contributed by atoms with Crippen molar-refractivity contribution in [1.82, 2.24) is 0 Å². The van der Waals surface area contributed by atoms with Gasteiger partial charge in [0.1, 0.15) is 0 Å². The van der Waals surface area contributed by atoms with Crippen molar-refractivity contribution >= 4 is 32.8 Å². The number of hydrogen-bond acceptors (Lipinski definition) is 4. The van der Waals surface area contributed by atoms with Crippen LogP contribution in [-0.4, -0.2) is 20.1 Å². The van der Waals surface area contributed by atoms with E-state index in [1.807, 2.05) is 6.92 Å². The molecule has 0 radical (unpaired) electrons. The Morgan fingerprint density at radius 3 is 2.24 bits per heavy atom. The second-order valence-electron chi connectivity index (χ2n) is 4.19. The Balaban J connectivity index is 2.15. The van der Waals surface area contributed by atoms with Crippen molar-refractivity contribution < 1.29 is 22.0 Å². The lowest BCUT2D eigenvalue weighted by atomic mass is 10.3. The van der Waals surface area contributed by atoms with E-state index in [-0.39, 0.29) is 5.91 Å². The summed E-state index contributed by atoms with van der Waals surface area (Å²) in [4.78, 5) is 12.9. The molecule has 112 valence electrons. The van der Waals surface area contributed by atoms with Crippen LogP contribution in [0.15, 0.2) is 41.3 Å². The van der Waals surface area contributed by atoms with Crippen molar-refractivity contribution in [3.63, 3.8) is 0 Å². The lowest BCUT2D eigenvalue weighted by Crippen LogP contribution is -2.12. The van der Waals surface area contributed by atoms with E-state index in [2.05, 4.69) is 5.32 Å². The van der Waals surface area contributed by atoms with Crippen LogP contribution in [0.1, 0.15) is 14.5 Å². The zero-order valence-electron chi connectivity index (χ0n) is 10.8. The molecule has 4 nitrogen and oxygen atoms in total. The van der Waals surface area contributed by atoms with E-state index < -0.39 is 20.5 Å². The molecular formula is C13H11F2NO3S2. The van der Waals surface area contributed by atoms with Crippen molar-refractivity contribution in [1.29, 1.82) is 0 Å². The first-order chi connectivity index (χ1) is 9.80. The highest BCUT2D eigenvalue weighted by Gasteiger charge is 2.26. The van der Waals surface area contributed by atoms with E-state index in [9.17, 15) is 22.0 Å². The summed E-state index contributed by atoms with van der Waals surface area (Å²) < 4.78 is 47.3. The van der Waals surface area contributed by atoms with Gasteiger partial charge in [0, 0.05) is 10.6 Å². The molecule has 0 spiro atoms. The molecule has 0 unspecified atom stereocenters. The van der Waals surface area contributed by atoms with Crippen LogP contribution in [0.2, 0.25) is 0 Å². The number of nitrogens with one attached hydrogen (secondary N) is 1. The number of benzene rings is 1. The van der Waals surface area contributed by atoms with Crippen LogP contribution in [-0.2, 0) is 9.84 Å². The molecule has 0 bridgehead atoms. The van der Waals surface area contributed by atoms with Crippen LogP contribution < -0.4 is 5.32 Å². The molecule has 0 aliphatic rings. The summed E-state index contributed by atoms with van der Waals surface area (Å²) in [5.74, 6) is -3.80. The van der Waals surface area contributed by atoms with Crippen LogP contribution in [0.5, 0.6) is 0 Å². The first-order valence-electron chi connectivity index (χ1n) is 5.80. The SMILES string of the molecule is Cc1ccc(C(=O)Nc2ccc(S(=O)(=O)C(F)F)cc2)s1. The maximum atomic E-state index is 12.4. The van der Waals surface area contributed by atoms with E-state index >= 15 is 0 Å². The molecular weight excluding hydrogens is 320 g/mol. The van der Waals surface area contributed by atoms with Gasteiger partial charge in [-0.25, -0.2) is 8.42 Å². The number of aryl methyl sites for hydroxylation is 1. The molecule has 0 aliphatic heterocycles. The van der Waals surface area contributed by atoms with Gasteiger partial charge >= 0.3 is 5.76 Å². The van der Waals surface area contributed by atoms with Crippen LogP contribution in [0, 0.1) is 6.92 Å². The number of sulfone groups is 1. The van der Waals surface area contributed by atoms with Gasteiger partial charge in [0.05, 0.1) is 9.77 Å². The van der Waals surface area contributed by atoms with Gasteiger partial charge in [-0.2, -0.15) is 8.78 Å². The highest BCUT2D eigenvalue weighted by molar-refractivity contribution is 7.91. The predicted molar refractivity (Wildman–Crippen MR) is 76.6 cm³/mol. The summed E-state index contributed by atoms with van der Waals surface area (Å²) in [5, 5.41) is 2.57. The topological polar surface area (TPSA) is 63.2 Å². The van der Waals surface area contributed by atoms with Gasteiger partial charge in [0.25, 0.3) is 5.91 Å². The Bertz CT molecular complexity index is 752. The summed E-state index contributed by atoms with van der Waals surface area (Å²) in [7, 11) is -4.61. The highest BCUT2D eigenvalue weighted by atomic mass is 32.2. The molecule has 1 amide bonds. The average molecular weight is 331 g/mol. The van der Waals surface area contributed by atoms with Gasteiger partial charge in [0.2, 0.25) is 9.84 Å². The summed E-state index contributed by atoms with van der Waals surface area (Å²) in [6.07, 6.45) is 0. The molecule has 1 heterocycles. The van der Waals surface area contributed by atoms with Crippen LogP contribution in [0.4, 0.5) is 14.5 Å². The van der Waals surface area contributed by atoms with Gasteiger partial charge in [-0.15, -0.1) is 11.3 Å². The van der Waals surface area contributed by atoms with Gasteiger partial charge in [0.15, 0.2) is 0 Å². The minimum absolute atomic E-state index is 0.333. The maximum absolute atomic E-state index is 12.4. The molecule has 1 N–H and O–H groups in total. The number of carbonyl (C=O) groups excluding carboxylic acids is 1. The zero-order valence-corrected chi connectivity index (χ0v) is 12.5. The summed E-state index contributed by atoms with van der Waals surface area (Å²) in [6.45, 7) is 1.87. The molecule has 0 saturated heterocycles. The first kappa shape index (κ1) is 15.6. The van der Waals surface area contributed by atoms with Crippen molar-refractivity contribution in [2.45, 2.75) is 17.6 Å². The number of hydrogen-bond donors (Lipinski definition) is 1. The van der Waals surface area contributed by atoms with E-state index in [4.69, 9.17) is 0 Å². The average Bonchev–Trinajstić information content (AvgIpc) is 2.86. The molecule has 8 heteroatoms. The first-order valence-corrected chi connectivity index (χ1v) is 8.17. The lowest BCUT2D eigenvalue weighted by Gasteiger charge is -2.06. The number of carbonyl (C=O) groups is 1. The number of thiophene rings is 1. The monoisotopic (exact) mass is 331 g/mol. The number of rotatable bonds is 4. The summed E-state index contributed by atoms with van der Waals surface area (Å²) in [6, 6.07) is 8.09. The molecule has 1 aromatic heterocycles. The third-order valence-corrected chi connectivity index (χ3v) is 5.04. The Kier molecular flexibility index (Phi) is 4.38. The molecule has 1 aromatic carbocycles. The molecule has 0 fully saturated rings. The van der Waals surface area contributed by atoms with Crippen molar-refractivity contribution in [3.8, 4) is 0 Å². The fourth-order valence-corrected chi connectivity index (χ4v) is 3.06. The van der Waals surface area contributed by atoms with Crippen molar-refractivity contribution in [3.05, 3.63) is 46.2 Å². The predicted octanol–water partition coefficient (Wildman–Crippen LogP) is 3.31.